The molecule has 0 unspecified atom stereocenters. The lowest BCUT2D eigenvalue weighted by Crippen LogP contribution is -2.38. The molecule has 1 atom stereocenters. The lowest BCUT2D eigenvalue weighted by Gasteiger charge is -2.11. The van der Waals surface area contributed by atoms with Gasteiger partial charge in [-0.25, -0.2) is 13.1 Å². The van der Waals surface area contributed by atoms with Crippen LogP contribution in [0.5, 0.6) is 0 Å². The van der Waals surface area contributed by atoms with Crippen LogP contribution in [0.4, 0.5) is 0 Å². The zero-order valence-corrected chi connectivity index (χ0v) is 8.44. The first-order valence-electron chi connectivity index (χ1n) is 4.86. The minimum absolute atomic E-state index is 0.128. The van der Waals surface area contributed by atoms with E-state index in [0.29, 0.717) is 11.7 Å². The number of hydrogen-bond acceptors (Lipinski definition) is 3. The lowest BCUT2D eigenvalue weighted by atomic mass is 10.3. The number of rotatable bonds is 4. The zero-order valence-electron chi connectivity index (χ0n) is 7.62. The van der Waals surface area contributed by atoms with E-state index >= 15 is 0 Å². The summed E-state index contributed by atoms with van der Waals surface area (Å²) in [4.78, 5) is 0. The highest BCUT2D eigenvalue weighted by Crippen LogP contribution is 2.30. The van der Waals surface area contributed by atoms with Crippen molar-refractivity contribution in [3.05, 3.63) is 0 Å². The first-order valence-corrected chi connectivity index (χ1v) is 6.52. The van der Waals surface area contributed by atoms with Gasteiger partial charge in [-0.15, -0.1) is 0 Å². The summed E-state index contributed by atoms with van der Waals surface area (Å²) in [6, 6.07) is 0.128. The molecule has 4 nitrogen and oxygen atoms in total. The van der Waals surface area contributed by atoms with Gasteiger partial charge in [0.2, 0.25) is 10.0 Å². The predicted octanol–water partition coefficient (Wildman–Crippen LogP) is -0.322. The number of sulfonamides is 1. The standard InChI is InChI=1S/C8H16N2O2S/c11-13(12,6-7-1-2-7)10-8-3-4-9-5-8/h7-10H,1-6H2/t8-/m0/s1. The van der Waals surface area contributed by atoms with E-state index < -0.39 is 10.0 Å². The van der Waals surface area contributed by atoms with E-state index in [1.165, 1.54) is 0 Å². The van der Waals surface area contributed by atoms with Gasteiger partial charge in [-0.3, -0.25) is 0 Å². The Morgan fingerprint density at radius 2 is 2.08 bits per heavy atom. The fourth-order valence-electron chi connectivity index (χ4n) is 1.65. The van der Waals surface area contributed by atoms with Crippen molar-refractivity contribution in [2.45, 2.75) is 25.3 Å². The smallest absolute Gasteiger partial charge is 0.212 e. The molecule has 2 N–H and O–H groups in total. The van der Waals surface area contributed by atoms with Crippen LogP contribution in [0.1, 0.15) is 19.3 Å². The van der Waals surface area contributed by atoms with Crippen molar-refractivity contribution >= 4 is 10.0 Å². The Balaban J connectivity index is 1.83. The maximum Gasteiger partial charge on any atom is 0.212 e. The molecule has 2 rings (SSSR count). The maximum absolute atomic E-state index is 11.5. The van der Waals surface area contributed by atoms with Gasteiger partial charge >= 0.3 is 0 Å². The van der Waals surface area contributed by atoms with Crippen LogP contribution in [0, 0.1) is 5.92 Å². The van der Waals surface area contributed by atoms with Crippen molar-refractivity contribution in [1.29, 1.82) is 0 Å². The van der Waals surface area contributed by atoms with Crippen molar-refractivity contribution in [2.24, 2.45) is 5.92 Å². The van der Waals surface area contributed by atoms with Crippen LogP contribution in [-0.2, 0) is 10.0 Å². The molecule has 1 aliphatic heterocycles. The second-order valence-electron chi connectivity index (χ2n) is 4.03. The summed E-state index contributed by atoms with van der Waals surface area (Å²) in [7, 11) is -2.99. The van der Waals surface area contributed by atoms with Gasteiger partial charge in [0, 0.05) is 12.6 Å². The van der Waals surface area contributed by atoms with Gasteiger partial charge in [-0.2, -0.15) is 0 Å². The van der Waals surface area contributed by atoms with Gasteiger partial charge in [0.25, 0.3) is 0 Å². The molecular weight excluding hydrogens is 188 g/mol. The average Bonchev–Trinajstić information content (AvgIpc) is 2.64. The molecule has 2 fully saturated rings. The molecule has 2 aliphatic rings. The van der Waals surface area contributed by atoms with E-state index in [-0.39, 0.29) is 6.04 Å². The summed E-state index contributed by atoms with van der Waals surface area (Å²) in [6.45, 7) is 1.71. The van der Waals surface area contributed by atoms with Crippen LogP contribution in [0.2, 0.25) is 0 Å². The molecule has 0 aromatic rings. The molecule has 1 saturated heterocycles. The van der Waals surface area contributed by atoms with Gasteiger partial charge in [-0.1, -0.05) is 0 Å². The third kappa shape index (κ3) is 2.93. The first kappa shape index (κ1) is 9.43. The van der Waals surface area contributed by atoms with Crippen LogP contribution in [0.25, 0.3) is 0 Å². The Morgan fingerprint density at radius 3 is 2.62 bits per heavy atom. The molecule has 0 bridgehead atoms. The van der Waals surface area contributed by atoms with E-state index in [1.54, 1.807) is 0 Å². The predicted molar refractivity (Wildman–Crippen MR) is 50.9 cm³/mol. The van der Waals surface area contributed by atoms with Gasteiger partial charge in [0.15, 0.2) is 0 Å². The van der Waals surface area contributed by atoms with E-state index in [2.05, 4.69) is 10.0 Å². The zero-order chi connectivity index (χ0) is 9.31. The normalized spacial score (nSPS) is 29.4. The fraction of sp³-hybridized carbons (Fsp3) is 1.00. The Kier molecular flexibility index (Phi) is 2.58. The van der Waals surface area contributed by atoms with Crippen LogP contribution in [0.15, 0.2) is 0 Å². The summed E-state index contributed by atoms with van der Waals surface area (Å²) in [5.41, 5.74) is 0. The van der Waals surface area contributed by atoms with Gasteiger partial charge in [0.05, 0.1) is 5.75 Å². The molecule has 0 spiro atoms. The summed E-state index contributed by atoms with van der Waals surface area (Å²) in [5.74, 6) is 0.774. The third-order valence-corrected chi connectivity index (χ3v) is 4.16. The number of nitrogens with one attached hydrogen (secondary N) is 2. The van der Waals surface area contributed by atoms with E-state index in [4.69, 9.17) is 0 Å². The van der Waals surface area contributed by atoms with Gasteiger partial charge in [0.1, 0.15) is 0 Å². The van der Waals surface area contributed by atoms with E-state index in [9.17, 15) is 8.42 Å². The van der Waals surface area contributed by atoms with Crippen LogP contribution in [0.3, 0.4) is 0 Å². The largest absolute Gasteiger partial charge is 0.315 e. The molecule has 5 heteroatoms. The number of hydrogen-bond donors (Lipinski definition) is 2. The minimum Gasteiger partial charge on any atom is -0.315 e. The SMILES string of the molecule is O=S(=O)(CC1CC1)N[C@H]1CCNC1. The summed E-state index contributed by atoms with van der Waals surface area (Å²) in [5, 5.41) is 3.14. The Morgan fingerprint density at radius 1 is 1.31 bits per heavy atom. The first-order chi connectivity index (χ1) is 6.16. The average molecular weight is 204 g/mol. The molecule has 0 aromatic carbocycles. The van der Waals surface area contributed by atoms with Crippen LogP contribution < -0.4 is 10.0 Å². The van der Waals surface area contributed by atoms with Crippen molar-refractivity contribution in [2.75, 3.05) is 18.8 Å². The highest BCUT2D eigenvalue weighted by Gasteiger charge is 2.29. The third-order valence-electron chi connectivity index (χ3n) is 2.56. The monoisotopic (exact) mass is 204 g/mol. The summed E-state index contributed by atoms with van der Waals surface area (Å²) < 4.78 is 25.7. The molecule has 1 saturated carbocycles. The lowest BCUT2D eigenvalue weighted by molar-refractivity contribution is 0.556. The Hall–Kier alpha value is -0.130. The quantitative estimate of drug-likeness (QED) is 0.660. The second-order valence-corrected chi connectivity index (χ2v) is 5.83. The van der Waals surface area contributed by atoms with Gasteiger partial charge < -0.3 is 5.32 Å². The minimum atomic E-state index is -2.99. The molecule has 1 aliphatic carbocycles. The second kappa shape index (κ2) is 3.55. The molecule has 0 aromatic heterocycles. The van der Waals surface area contributed by atoms with Crippen molar-refractivity contribution in [3.63, 3.8) is 0 Å². The molecule has 1 heterocycles. The van der Waals surface area contributed by atoms with Crippen molar-refractivity contribution in [1.82, 2.24) is 10.0 Å². The Bertz CT molecular complexity index is 266. The summed E-state index contributed by atoms with van der Waals surface area (Å²) >= 11 is 0. The Labute approximate surface area is 79.1 Å². The maximum atomic E-state index is 11.5. The van der Waals surface area contributed by atoms with Crippen molar-refractivity contribution in [3.8, 4) is 0 Å². The van der Waals surface area contributed by atoms with Crippen molar-refractivity contribution < 1.29 is 8.42 Å². The van der Waals surface area contributed by atoms with Crippen LogP contribution >= 0.6 is 0 Å². The van der Waals surface area contributed by atoms with E-state index in [1.807, 2.05) is 0 Å². The summed E-state index contributed by atoms with van der Waals surface area (Å²) in [6.07, 6.45) is 3.09. The fourth-order valence-corrected chi connectivity index (χ4v) is 3.41. The van der Waals surface area contributed by atoms with E-state index in [0.717, 1.165) is 32.4 Å². The van der Waals surface area contributed by atoms with Crippen LogP contribution in [-0.4, -0.2) is 33.3 Å². The molecule has 76 valence electrons. The van der Waals surface area contributed by atoms with Gasteiger partial charge in [-0.05, 0) is 31.7 Å². The molecule has 0 radical (unpaired) electrons. The highest BCUT2D eigenvalue weighted by atomic mass is 32.2. The molecule has 0 amide bonds. The highest BCUT2D eigenvalue weighted by molar-refractivity contribution is 7.89. The topological polar surface area (TPSA) is 58.2 Å². The molecule has 13 heavy (non-hydrogen) atoms. The molecular formula is C8H16N2O2S.